The minimum absolute atomic E-state index is 0.244. The van der Waals surface area contributed by atoms with Crippen molar-refractivity contribution in [1.29, 1.82) is 0 Å². The van der Waals surface area contributed by atoms with Crippen LogP contribution in [0.2, 0.25) is 0 Å². The van der Waals surface area contributed by atoms with Gasteiger partial charge in [0, 0.05) is 25.0 Å². The molecule has 3 rings (SSSR count). The van der Waals surface area contributed by atoms with E-state index in [1.54, 1.807) is 0 Å². The van der Waals surface area contributed by atoms with Gasteiger partial charge >= 0.3 is 0 Å². The number of carbonyl (C=O) groups excluding carboxylic acids is 1. The number of nitrogens with two attached hydrogens (primary N) is 1. The largest absolute Gasteiger partial charge is 0.490 e. The Hall–Kier alpha value is -1.55. The zero-order chi connectivity index (χ0) is 16.9. The van der Waals surface area contributed by atoms with Gasteiger partial charge in [0.05, 0.1) is 6.10 Å². The molecule has 1 amide bonds. The van der Waals surface area contributed by atoms with Gasteiger partial charge in [-0.15, -0.1) is 0 Å². The topological polar surface area (TPSA) is 55.6 Å². The Morgan fingerprint density at radius 1 is 1.29 bits per heavy atom. The van der Waals surface area contributed by atoms with Crippen molar-refractivity contribution >= 4 is 5.91 Å². The molecule has 1 saturated heterocycles. The molecule has 2 fully saturated rings. The number of carbonyl (C=O) groups is 1. The van der Waals surface area contributed by atoms with Crippen LogP contribution in [0.15, 0.2) is 24.3 Å². The predicted molar refractivity (Wildman–Crippen MR) is 96.0 cm³/mol. The van der Waals surface area contributed by atoms with Gasteiger partial charge in [0.1, 0.15) is 5.75 Å². The van der Waals surface area contributed by atoms with E-state index in [2.05, 4.69) is 19.1 Å². The summed E-state index contributed by atoms with van der Waals surface area (Å²) in [6.45, 7) is 2.90. The van der Waals surface area contributed by atoms with Crippen LogP contribution in [0.5, 0.6) is 5.75 Å². The highest BCUT2D eigenvalue weighted by Gasteiger charge is 2.26. The number of aryl methyl sites for hydroxylation is 1. The third-order valence-corrected chi connectivity index (χ3v) is 5.37. The lowest BCUT2D eigenvalue weighted by atomic mass is 9.98. The van der Waals surface area contributed by atoms with Gasteiger partial charge in [-0.05, 0) is 69.6 Å². The minimum atomic E-state index is 0.244. The molecule has 2 N–H and O–H groups in total. The molecule has 24 heavy (non-hydrogen) atoms. The van der Waals surface area contributed by atoms with E-state index in [1.807, 2.05) is 17.0 Å². The summed E-state index contributed by atoms with van der Waals surface area (Å²) >= 11 is 0. The van der Waals surface area contributed by atoms with E-state index in [0.29, 0.717) is 12.5 Å². The van der Waals surface area contributed by atoms with Crippen LogP contribution < -0.4 is 10.5 Å². The van der Waals surface area contributed by atoms with Crippen LogP contribution in [0.3, 0.4) is 0 Å². The summed E-state index contributed by atoms with van der Waals surface area (Å²) in [6.07, 6.45) is 8.42. The first-order chi connectivity index (χ1) is 11.6. The Balaban J connectivity index is 1.51. The van der Waals surface area contributed by atoms with Gasteiger partial charge in [0.15, 0.2) is 0 Å². The van der Waals surface area contributed by atoms with E-state index in [4.69, 9.17) is 10.5 Å². The highest BCUT2D eigenvalue weighted by atomic mass is 16.5. The maximum absolute atomic E-state index is 12.5. The molecule has 1 saturated carbocycles. The van der Waals surface area contributed by atoms with Crippen LogP contribution in [0.1, 0.15) is 57.4 Å². The number of amides is 1. The first kappa shape index (κ1) is 17.3. The normalized spacial score (nSPS) is 25.0. The summed E-state index contributed by atoms with van der Waals surface area (Å²) < 4.78 is 6.06. The van der Waals surface area contributed by atoms with Crippen LogP contribution in [-0.4, -0.2) is 35.5 Å². The first-order valence-electron chi connectivity index (χ1n) is 9.42. The van der Waals surface area contributed by atoms with E-state index in [0.717, 1.165) is 44.4 Å². The smallest absolute Gasteiger partial charge is 0.223 e. The number of benzene rings is 1. The minimum Gasteiger partial charge on any atom is -0.490 e. The summed E-state index contributed by atoms with van der Waals surface area (Å²) in [5.74, 6) is 1.20. The number of hydrogen-bond acceptors (Lipinski definition) is 3. The lowest BCUT2D eigenvalue weighted by Gasteiger charge is -2.36. The maximum Gasteiger partial charge on any atom is 0.223 e. The average Bonchev–Trinajstić information content (AvgIpc) is 3.06. The lowest BCUT2D eigenvalue weighted by molar-refractivity contribution is -0.134. The molecule has 2 aliphatic rings. The summed E-state index contributed by atoms with van der Waals surface area (Å²) in [5.41, 5.74) is 7.17. The number of piperidine rings is 1. The molecule has 132 valence electrons. The fourth-order valence-corrected chi connectivity index (χ4v) is 3.95. The fraction of sp³-hybridized carbons (Fsp3) is 0.650. The van der Waals surface area contributed by atoms with Crippen molar-refractivity contribution in [2.75, 3.05) is 6.54 Å². The van der Waals surface area contributed by atoms with Crippen molar-refractivity contribution in [3.05, 3.63) is 29.8 Å². The molecule has 1 heterocycles. The molecule has 2 atom stereocenters. The number of rotatable bonds is 5. The second-order valence-corrected chi connectivity index (χ2v) is 7.39. The van der Waals surface area contributed by atoms with Gasteiger partial charge in [0.25, 0.3) is 0 Å². The molecule has 1 aliphatic carbocycles. The van der Waals surface area contributed by atoms with Crippen LogP contribution in [-0.2, 0) is 11.2 Å². The lowest BCUT2D eigenvalue weighted by Crippen LogP contribution is -2.48. The van der Waals surface area contributed by atoms with Crippen LogP contribution in [0, 0.1) is 0 Å². The summed E-state index contributed by atoms with van der Waals surface area (Å²) in [4.78, 5) is 14.5. The summed E-state index contributed by atoms with van der Waals surface area (Å²) in [5, 5.41) is 0. The molecular formula is C20H30N2O2. The van der Waals surface area contributed by atoms with Crippen LogP contribution >= 0.6 is 0 Å². The Morgan fingerprint density at radius 3 is 2.83 bits per heavy atom. The Kier molecular flexibility index (Phi) is 5.77. The molecule has 0 bridgehead atoms. The second-order valence-electron chi connectivity index (χ2n) is 7.39. The van der Waals surface area contributed by atoms with Gasteiger partial charge in [-0.2, -0.15) is 0 Å². The van der Waals surface area contributed by atoms with Crippen LogP contribution in [0.4, 0.5) is 0 Å². The van der Waals surface area contributed by atoms with Crippen LogP contribution in [0.25, 0.3) is 0 Å². The molecule has 4 nitrogen and oxygen atoms in total. The number of nitrogens with zero attached hydrogens (tertiary/aromatic N) is 1. The zero-order valence-corrected chi connectivity index (χ0v) is 14.7. The average molecular weight is 330 g/mol. The zero-order valence-electron chi connectivity index (χ0n) is 14.7. The van der Waals surface area contributed by atoms with Gasteiger partial charge in [-0.25, -0.2) is 0 Å². The van der Waals surface area contributed by atoms with Gasteiger partial charge in [-0.1, -0.05) is 12.1 Å². The van der Waals surface area contributed by atoms with E-state index < -0.39 is 0 Å². The van der Waals surface area contributed by atoms with E-state index >= 15 is 0 Å². The number of hydrogen-bond donors (Lipinski definition) is 1. The molecule has 1 aromatic carbocycles. The fourth-order valence-electron chi connectivity index (χ4n) is 3.95. The molecule has 1 aromatic rings. The Labute approximate surface area is 145 Å². The SMILES string of the molecule is C[C@H]1C[C@H](N)CCN1C(=O)CCc1cccc(OC2CCCC2)c1. The highest BCUT2D eigenvalue weighted by molar-refractivity contribution is 5.77. The Bertz CT molecular complexity index is 554. The monoisotopic (exact) mass is 330 g/mol. The molecule has 0 radical (unpaired) electrons. The molecule has 0 unspecified atom stereocenters. The highest BCUT2D eigenvalue weighted by Crippen LogP contribution is 2.25. The summed E-state index contributed by atoms with van der Waals surface area (Å²) in [7, 11) is 0. The van der Waals surface area contributed by atoms with Crippen molar-refractivity contribution in [2.24, 2.45) is 5.73 Å². The summed E-state index contributed by atoms with van der Waals surface area (Å²) in [6, 6.07) is 8.75. The van der Waals surface area contributed by atoms with Crippen molar-refractivity contribution in [3.63, 3.8) is 0 Å². The molecule has 0 aromatic heterocycles. The van der Waals surface area contributed by atoms with Crippen molar-refractivity contribution in [1.82, 2.24) is 4.90 Å². The quantitative estimate of drug-likeness (QED) is 0.901. The Morgan fingerprint density at radius 2 is 2.08 bits per heavy atom. The van der Waals surface area contributed by atoms with Gasteiger partial charge in [-0.3, -0.25) is 4.79 Å². The van der Waals surface area contributed by atoms with E-state index in [1.165, 1.54) is 18.4 Å². The van der Waals surface area contributed by atoms with Crippen molar-refractivity contribution in [2.45, 2.75) is 76.5 Å². The van der Waals surface area contributed by atoms with Crippen molar-refractivity contribution in [3.8, 4) is 5.75 Å². The number of ether oxygens (including phenoxy) is 1. The standard InChI is InChI=1S/C20H30N2O2/c1-15-13-17(21)11-12-22(15)20(23)10-9-16-5-4-8-19(14-16)24-18-6-2-3-7-18/h4-5,8,14-15,17-18H,2-3,6-7,9-13,21H2,1H3/t15-,17+/m0/s1. The van der Waals surface area contributed by atoms with Gasteiger partial charge < -0.3 is 15.4 Å². The molecular weight excluding hydrogens is 300 g/mol. The third kappa shape index (κ3) is 4.50. The molecule has 1 aliphatic heterocycles. The maximum atomic E-state index is 12.5. The van der Waals surface area contributed by atoms with E-state index in [9.17, 15) is 4.79 Å². The molecule has 0 spiro atoms. The third-order valence-electron chi connectivity index (χ3n) is 5.37. The number of likely N-dealkylation sites (tertiary alicyclic amines) is 1. The molecule has 4 heteroatoms. The second kappa shape index (κ2) is 8.02. The first-order valence-corrected chi connectivity index (χ1v) is 9.42. The predicted octanol–water partition coefficient (Wildman–Crippen LogP) is 3.28. The van der Waals surface area contributed by atoms with Gasteiger partial charge in [0.2, 0.25) is 5.91 Å². The van der Waals surface area contributed by atoms with E-state index in [-0.39, 0.29) is 18.0 Å². The van der Waals surface area contributed by atoms with Crippen molar-refractivity contribution < 1.29 is 9.53 Å².